The number of allylic oxidation sites excluding steroid dienone is 1. The molecule has 1 aromatic carbocycles. The van der Waals surface area contributed by atoms with Crippen molar-refractivity contribution in [3.8, 4) is 0 Å². The van der Waals surface area contributed by atoms with Gasteiger partial charge >= 0.3 is 5.97 Å². The van der Waals surface area contributed by atoms with Crippen LogP contribution in [0.5, 0.6) is 0 Å². The zero-order valence-corrected chi connectivity index (χ0v) is 11.1. The van der Waals surface area contributed by atoms with Crippen molar-refractivity contribution in [1.29, 1.82) is 0 Å². The standard InChI is InChI=1S/C13H9BrO4/c1-17-13(16)11(14)12-9(15)7-10(18-12)8-5-3-2-4-6-8/h2-7H,1H3/b12-11-. The molecular formula is C13H9BrO4. The first-order chi connectivity index (χ1) is 8.63. The lowest BCUT2D eigenvalue weighted by Crippen LogP contribution is -2.06. The number of rotatable bonds is 2. The zero-order valence-electron chi connectivity index (χ0n) is 9.48. The van der Waals surface area contributed by atoms with Crippen LogP contribution in [0.1, 0.15) is 5.56 Å². The first kappa shape index (κ1) is 12.6. The monoisotopic (exact) mass is 308 g/mol. The lowest BCUT2D eigenvalue weighted by Gasteiger charge is -2.05. The second kappa shape index (κ2) is 5.18. The summed E-state index contributed by atoms with van der Waals surface area (Å²) in [5.74, 6) is -0.663. The summed E-state index contributed by atoms with van der Waals surface area (Å²) in [6.45, 7) is 0. The number of halogens is 1. The van der Waals surface area contributed by atoms with E-state index < -0.39 is 5.97 Å². The Morgan fingerprint density at radius 3 is 2.56 bits per heavy atom. The van der Waals surface area contributed by atoms with Gasteiger partial charge in [-0.3, -0.25) is 4.79 Å². The number of ether oxygens (including phenoxy) is 2. The van der Waals surface area contributed by atoms with E-state index in [2.05, 4.69) is 20.7 Å². The van der Waals surface area contributed by atoms with E-state index in [1.165, 1.54) is 13.2 Å². The molecule has 18 heavy (non-hydrogen) atoms. The van der Waals surface area contributed by atoms with Crippen molar-refractivity contribution < 1.29 is 19.1 Å². The molecule has 0 atom stereocenters. The summed E-state index contributed by atoms with van der Waals surface area (Å²) in [6.07, 6.45) is 1.34. The molecule has 1 heterocycles. The fourth-order valence-electron chi connectivity index (χ4n) is 1.45. The molecule has 0 amide bonds. The van der Waals surface area contributed by atoms with Crippen molar-refractivity contribution in [2.45, 2.75) is 0 Å². The molecule has 4 nitrogen and oxygen atoms in total. The molecule has 92 valence electrons. The van der Waals surface area contributed by atoms with Crippen LogP contribution in [0.4, 0.5) is 0 Å². The van der Waals surface area contributed by atoms with Crippen LogP contribution in [0.25, 0.3) is 5.76 Å². The molecule has 1 aliphatic heterocycles. The van der Waals surface area contributed by atoms with Gasteiger partial charge in [0, 0.05) is 11.6 Å². The highest BCUT2D eigenvalue weighted by Gasteiger charge is 2.27. The summed E-state index contributed by atoms with van der Waals surface area (Å²) in [6, 6.07) is 9.16. The van der Waals surface area contributed by atoms with Gasteiger partial charge in [-0.1, -0.05) is 30.3 Å². The molecule has 0 aromatic heterocycles. The number of esters is 1. The van der Waals surface area contributed by atoms with Crippen molar-refractivity contribution in [1.82, 2.24) is 0 Å². The minimum Gasteiger partial charge on any atom is -0.465 e. The van der Waals surface area contributed by atoms with Crippen LogP contribution in [0, 0.1) is 0 Å². The summed E-state index contributed by atoms with van der Waals surface area (Å²) < 4.78 is 9.89. The number of carbonyl (C=O) groups excluding carboxylic acids is 2. The molecule has 0 aliphatic carbocycles. The molecule has 0 bridgehead atoms. The van der Waals surface area contributed by atoms with Gasteiger partial charge in [-0.05, 0) is 15.9 Å². The quantitative estimate of drug-likeness (QED) is 0.622. The normalized spacial score (nSPS) is 17.0. The Morgan fingerprint density at radius 1 is 1.28 bits per heavy atom. The molecule has 0 radical (unpaired) electrons. The van der Waals surface area contributed by atoms with Crippen LogP contribution in [0.3, 0.4) is 0 Å². The van der Waals surface area contributed by atoms with E-state index >= 15 is 0 Å². The third kappa shape index (κ3) is 2.36. The first-order valence-electron chi connectivity index (χ1n) is 5.11. The lowest BCUT2D eigenvalue weighted by atomic mass is 10.2. The predicted molar refractivity (Wildman–Crippen MR) is 68.5 cm³/mol. The van der Waals surface area contributed by atoms with Gasteiger partial charge in [0.15, 0.2) is 5.76 Å². The molecule has 2 rings (SSSR count). The molecule has 0 unspecified atom stereocenters. The summed E-state index contributed by atoms with van der Waals surface area (Å²) in [7, 11) is 1.23. The maximum absolute atomic E-state index is 11.7. The fraction of sp³-hybridized carbons (Fsp3) is 0.0769. The topological polar surface area (TPSA) is 52.6 Å². The minimum atomic E-state index is -0.652. The van der Waals surface area contributed by atoms with Crippen LogP contribution >= 0.6 is 15.9 Å². The molecule has 1 aromatic rings. The molecule has 1 aliphatic rings. The highest BCUT2D eigenvalue weighted by molar-refractivity contribution is 9.12. The van der Waals surface area contributed by atoms with Crippen molar-refractivity contribution in [3.63, 3.8) is 0 Å². The van der Waals surface area contributed by atoms with Crippen LogP contribution in [0.2, 0.25) is 0 Å². The smallest absolute Gasteiger partial charge is 0.348 e. The van der Waals surface area contributed by atoms with E-state index in [0.29, 0.717) is 5.76 Å². The van der Waals surface area contributed by atoms with Gasteiger partial charge in [0.2, 0.25) is 5.78 Å². The second-order valence-electron chi connectivity index (χ2n) is 3.48. The molecule has 0 fully saturated rings. The largest absolute Gasteiger partial charge is 0.465 e. The number of carbonyl (C=O) groups is 2. The van der Waals surface area contributed by atoms with Gasteiger partial charge in [-0.2, -0.15) is 0 Å². The number of hydrogen-bond donors (Lipinski definition) is 0. The third-order valence-electron chi connectivity index (χ3n) is 2.32. The maximum Gasteiger partial charge on any atom is 0.348 e. The van der Waals surface area contributed by atoms with Crippen LogP contribution in [-0.2, 0) is 19.1 Å². The van der Waals surface area contributed by atoms with E-state index in [1.807, 2.05) is 30.3 Å². The lowest BCUT2D eigenvalue weighted by molar-refractivity contribution is -0.135. The number of ketones is 1. The summed E-state index contributed by atoms with van der Waals surface area (Å²) in [4.78, 5) is 23.0. The zero-order chi connectivity index (χ0) is 13.1. The van der Waals surface area contributed by atoms with E-state index in [0.717, 1.165) is 5.56 Å². The number of hydrogen-bond acceptors (Lipinski definition) is 4. The molecule has 0 N–H and O–H groups in total. The Labute approximate surface area is 112 Å². The summed E-state index contributed by atoms with van der Waals surface area (Å²) in [5.41, 5.74) is 0.769. The third-order valence-corrected chi connectivity index (χ3v) is 3.00. The average molecular weight is 309 g/mol. The van der Waals surface area contributed by atoms with E-state index in [9.17, 15) is 9.59 Å². The van der Waals surface area contributed by atoms with E-state index in [4.69, 9.17) is 4.74 Å². The van der Waals surface area contributed by atoms with Crippen LogP contribution in [0.15, 0.2) is 46.6 Å². The molecular weight excluding hydrogens is 300 g/mol. The molecule has 5 heteroatoms. The number of benzene rings is 1. The van der Waals surface area contributed by atoms with Gasteiger partial charge in [-0.25, -0.2) is 4.79 Å². The summed E-state index contributed by atoms with van der Waals surface area (Å²) >= 11 is 3.00. The Balaban J connectivity index is 2.31. The van der Waals surface area contributed by atoms with Gasteiger partial charge in [0.05, 0.1) is 7.11 Å². The highest BCUT2D eigenvalue weighted by atomic mass is 79.9. The van der Waals surface area contributed by atoms with Gasteiger partial charge in [0.25, 0.3) is 0 Å². The van der Waals surface area contributed by atoms with Crippen molar-refractivity contribution in [2.75, 3.05) is 7.11 Å². The summed E-state index contributed by atoms with van der Waals surface area (Å²) in [5, 5.41) is 0. The Kier molecular flexibility index (Phi) is 3.62. The Hall–Kier alpha value is -1.88. The number of methoxy groups -OCH3 is 1. The fourth-order valence-corrected chi connectivity index (χ4v) is 1.89. The van der Waals surface area contributed by atoms with Gasteiger partial charge in [0.1, 0.15) is 10.2 Å². The SMILES string of the molecule is COC(=O)/C(Br)=C1/OC(c2ccccc2)=CC1=O. The highest BCUT2D eigenvalue weighted by Crippen LogP contribution is 2.30. The second-order valence-corrected chi connectivity index (χ2v) is 4.27. The first-order valence-corrected chi connectivity index (χ1v) is 5.90. The maximum atomic E-state index is 11.7. The minimum absolute atomic E-state index is 0.0165. The van der Waals surface area contributed by atoms with Crippen molar-refractivity contribution in [2.24, 2.45) is 0 Å². The van der Waals surface area contributed by atoms with Gasteiger partial charge in [-0.15, -0.1) is 0 Å². The van der Waals surface area contributed by atoms with Gasteiger partial charge < -0.3 is 9.47 Å². The van der Waals surface area contributed by atoms with E-state index in [-0.39, 0.29) is 16.0 Å². The average Bonchev–Trinajstić information content (AvgIpc) is 2.80. The Morgan fingerprint density at radius 2 is 1.94 bits per heavy atom. The molecule has 0 saturated carbocycles. The van der Waals surface area contributed by atoms with E-state index in [1.54, 1.807) is 0 Å². The van der Waals surface area contributed by atoms with Crippen LogP contribution in [-0.4, -0.2) is 18.9 Å². The predicted octanol–water partition coefficient (Wildman–Crippen LogP) is 2.41. The Bertz CT molecular complexity index is 558. The molecule has 0 saturated heterocycles. The van der Waals surface area contributed by atoms with Crippen LogP contribution < -0.4 is 0 Å². The molecule has 0 spiro atoms. The van der Waals surface area contributed by atoms with Crippen molar-refractivity contribution >= 4 is 33.4 Å². The van der Waals surface area contributed by atoms with Crippen molar-refractivity contribution in [3.05, 3.63) is 52.2 Å².